The summed E-state index contributed by atoms with van der Waals surface area (Å²) in [6.07, 6.45) is 0. The van der Waals surface area contributed by atoms with Crippen LogP contribution in [0.4, 0.5) is 0 Å². The predicted molar refractivity (Wildman–Crippen MR) is 93.2 cm³/mol. The van der Waals surface area contributed by atoms with Gasteiger partial charge >= 0.3 is 5.97 Å². The lowest BCUT2D eigenvalue weighted by Crippen LogP contribution is -2.13. The van der Waals surface area contributed by atoms with Crippen molar-refractivity contribution in [2.75, 3.05) is 0 Å². The van der Waals surface area contributed by atoms with Crippen LogP contribution in [0.5, 0.6) is 0 Å². The summed E-state index contributed by atoms with van der Waals surface area (Å²) in [5, 5.41) is 12.0. The molecule has 0 saturated carbocycles. The van der Waals surface area contributed by atoms with Crippen molar-refractivity contribution in [2.24, 2.45) is 0 Å². The molecule has 4 rings (SSSR count). The highest BCUT2D eigenvalue weighted by molar-refractivity contribution is 5.88. The first-order valence-electron chi connectivity index (χ1n) is 7.64. The number of benzene rings is 2. The second kappa shape index (κ2) is 5.48. The van der Waals surface area contributed by atoms with E-state index in [0.29, 0.717) is 11.5 Å². The quantitative estimate of drug-likeness (QED) is 0.536. The van der Waals surface area contributed by atoms with Gasteiger partial charge in [-0.3, -0.25) is 9.89 Å². The standard InChI is InChI=1S/C18H14N4O3/c1-10-8-16(23)22(21-10)13-6-7-14-15(9-13)20-17(19-14)11-2-4-12(5-3-11)18(24)25/h2-9,21H,1H3,(H,19,20)(H,24,25). The molecule has 7 heteroatoms. The molecule has 2 aromatic heterocycles. The number of fused-ring (bicyclic) bond motifs is 1. The van der Waals surface area contributed by atoms with Crippen LogP contribution >= 0.6 is 0 Å². The highest BCUT2D eigenvalue weighted by Crippen LogP contribution is 2.22. The molecule has 2 heterocycles. The molecule has 3 N–H and O–H groups in total. The van der Waals surface area contributed by atoms with Gasteiger partial charge in [-0.2, -0.15) is 0 Å². The van der Waals surface area contributed by atoms with Gasteiger partial charge < -0.3 is 10.1 Å². The van der Waals surface area contributed by atoms with Crippen LogP contribution in [0.25, 0.3) is 28.1 Å². The maximum atomic E-state index is 11.9. The Morgan fingerprint density at radius 1 is 1.12 bits per heavy atom. The lowest BCUT2D eigenvalue weighted by atomic mass is 10.1. The van der Waals surface area contributed by atoms with Crippen LogP contribution < -0.4 is 5.56 Å². The van der Waals surface area contributed by atoms with Crippen molar-refractivity contribution in [3.8, 4) is 17.1 Å². The number of rotatable bonds is 3. The SMILES string of the molecule is Cc1cc(=O)n(-c2ccc3nc(-c4ccc(C(=O)O)cc4)[nH]c3c2)[nH]1. The van der Waals surface area contributed by atoms with Crippen molar-refractivity contribution >= 4 is 17.0 Å². The van der Waals surface area contributed by atoms with Gasteiger partial charge in [-0.25, -0.2) is 14.5 Å². The Balaban J connectivity index is 1.76. The van der Waals surface area contributed by atoms with E-state index in [0.717, 1.165) is 22.3 Å². The first-order valence-corrected chi connectivity index (χ1v) is 7.64. The third kappa shape index (κ3) is 2.61. The summed E-state index contributed by atoms with van der Waals surface area (Å²) < 4.78 is 1.47. The third-order valence-corrected chi connectivity index (χ3v) is 3.98. The van der Waals surface area contributed by atoms with Gasteiger partial charge in [0.2, 0.25) is 0 Å². The van der Waals surface area contributed by atoms with Gasteiger partial charge in [0, 0.05) is 17.3 Å². The molecule has 0 amide bonds. The van der Waals surface area contributed by atoms with Gasteiger partial charge in [0.1, 0.15) is 5.82 Å². The Labute approximate surface area is 141 Å². The number of nitrogens with zero attached hydrogens (tertiary/aromatic N) is 2. The number of carbonyl (C=O) groups is 1. The lowest BCUT2D eigenvalue weighted by molar-refractivity contribution is 0.0697. The number of aromatic amines is 2. The van der Waals surface area contributed by atoms with Crippen LogP contribution in [-0.2, 0) is 0 Å². The molecule has 0 fully saturated rings. The minimum Gasteiger partial charge on any atom is -0.478 e. The van der Waals surface area contributed by atoms with Gasteiger partial charge in [0.25, 0.3) is 5.56 Å². The average Bonchev–Trinajstić information content (AvgIpc) is 3.16. The Morgan fingerprint density at radius 2 is 1.88 bits per heavy atom. The first-order chi connectivity index (χ1) is 12.0. The number of aromatic nitrogens is 4. The van der Waals surface area contributed by atoms with Gasteiger partial charge in [0.15, 0.2) is 0 Å². The zero-order chi connectivity index (χ0) is 17.6. The summed E-state index contributed by atoms with van der Waals surface area (Å²) in [5.74, 6) is -0.327. The zero-order valence-corrected chi connectivity index (χ0v) is 13.3. The number of carboxylic acid groups (broad SMARTS) is 1. The summed E-state index contributed by atoms with van der Waals surface area (Å²) in [6.45, 7) is 1.82. The normalized spacial score (nSPS) is 11.1. The van der Waals surface area contributed by atoms with E-state index in [-0.39, 0.29) is 11.1 Å². The zero-order valence-electron chi connectivity index (χ0n) is 13.3. The Kier molecular flexibility index (Phi) is 3.28. The van der Waals surface area contributed by atoms with Gasteiger partial charge in [-0.15, -0.1) is 0 Å². The summed E-state index contributed by atoms with van der Waals surface area (Å²) >= 11 is 0. The molecule has 0 radical (unpaired) electrons. The smallest absolute Gasteiger partial charge is 0.335 e. The molecule has 2 aromatic carbocycles. The van der Waals surface area contributed by atoms with Crippen molar-refractivity contribution in [2.45, 2.75) is 6.92 Å². The van der Waals surface area contributed by atoms with Crippen LogP contribution in [0.1, 0.15) is 16.1 Å². The average molecular weight is 334 g/mol. The number of nitrogens with one attached hydrogen (secondary N) is 2. The molecular weight excluding hydrogens is 320 g/mol. The Bertz CT molecular complexity index is 1150. The van der Waals surface area contributed by atoms with Gasteiger partial charge in [-0.05, 0) is 37.3 Å². The molecule has 0 unspecified atom stereocenters. The minimum atomic E-state index is -0.965. The van der Waals surface area contributed by atoms with Gasteiger partial charge in [-0.1, -0.05) is 12.1 Å². The number of H-pyrrole nitrogens is 2. The van der Waals surface area contributed by atoms with E-state index in [1.165, 1.54) is 22.9 Å². The molecule has 0 spiro atoms. The van der Waals surface area contributed by atoms with E-state index in [9.17, 15) is 9.59 Å². The summed E-state index contributed by atoms with van der Waals surface area (Å²) in [4.78, 5) is 30.6. The van der Waals surface area contributed by atoms with Crippen LogP contribution in [0.15, 0.2) is 53.3 Å². The topological polar surface area (TPSA) is 104 Å². The second-order valence-electron chi connectivity index (χ2n) is 5.78. The highest BCUT2D eigenvalue weighted by atomic mass is 16.4. The predicted octanol–water partition coefficient (Wildman–Crippen LogP) is 2.72. The third-order valence-electron chi connectivity index (χ3n) is 3.98. The van der Waals surface area contributed by atoms with E-state index in [1.54, 1.807) is 12.1 Å². The highest BCUT2D eigenvalue weighted by Gasteiger charge is 2.09. The molecule has 0 aliphatic carbocycles. The number of hydrogen-bond donors (Lipinski definition) is 3. The fourth-order valence-electron chi connectivity index (χ4n) is 2.75. The molecular formula is C18H14N4O3. The second-order valence-corrected chi connectivity index (χ2v) is 5.78. The molecule has 0 saturated heterocycles. The summed E-state index contributed by atoms with van der Waals surface area (Å²) in [5.41, 5.74) is 3.93. The molecule has 124 valence electrons. The van der Waals surface area contributed by atoms with Crippen LogP contribution in [-0.4, -0.2) is 30.8 Å². The van der Waals surface area contributed by atoms with E-state index in [1.807, 2.05) is 25.1 Å². The van der Waals surface area contributed by atoms with Crippen molar-refractivity contribution in [3.63, 3.8) is 0 Å². The fourth-order valence-corrected chi connectivity index (χ4v) is 2.75. The van der Waals surface area contributed by atoms with E-state index in [2.05, 4.69) is 15.1 Å². The van der Waals surface area contributed by atoms with Crippen molar-refractivity contribution in [1.29, 1.82) is 0 Å². The van der Waals surface area contributed by atoms with E-state index in [4.69, 9.17) is 5.11 Å². The Hall–Kier alpha value is -3.61. The van der Waals surface area contributed by atoms with E-state index >= 15 is 0 Å². The molecule has 0 aliphatic heterocycles. The van der Waals surface area contributed by atoms with Crippen LogP contribution in [0.2, 0.25) is 0 Å². The fraction of sp³-hybridized carbons (Fsp3) is 0.0556. The van der Waals surface area contributed by atoms with Crippen LogP contribution in [0.3, 0.4) is 0 Å². The van der Waals surface area contributed by atoms with Crippen LogP contribution in [0, 0.1) is 6.92 Å². The minimum absolute atomic E-state index is 0.124. The van der Waals surface area contributed by atoms with Crippen molar-refractivity contribution in [3.05, 3.63) is 70.1 Å². The van der Waals surface area contributed by atoms with Crippen molar-refractivity contribution < 1.29 is 9.90 Å². The molecule has 0 aliphatic rings. The number of aromatic carboxylic acids is 1. The number of carboxylic acids is 1. The van der Waals surface area contributed by atoms with E-state index < -0.39 is 5.97 Å². The first kappa shape index (κ1) is 14.9. The number of aryl methyl sites for hydroxylation is 1. The largest absolute Gasteiger partial charge is 0.478 e. The lowest BCUT2D eigenvalue weighted by Gasteiger charge is -2.01. The van der Waals surface area contributed by atoms with Gasteiger partial charge in [0.05, 0.1) is 22.3 Å². The summed E-state index contributed by atoms with van der Waals surface area (Å²) in [6, 6.07) is 13.5. The van der Waals surface area contributed by atoms with Crippen molar-refractivity contribution in [1.82, 2.24) is 19.7 Å². The maximum Gasteiger partial charge on any atom is 0.335 e. The monoisotopic (exact) mass is 334 g/mol. The molecule has 25 heavy (non-hydrogen) atoms. The molecule has 7 nitrogen and oxygen atoms in total. The molecule has 4 aromatic rings. The number of imidazole rings is 1. The maximum absolute atomic E-state index is 11.9. The Morgan fingerprint density at radius 3 is 2.52 bits per heavy atom. The molecule has 0 atom stereocenters. The number of hydrogen-bond acceptors (Lipinski definition) is 3. The summed E-state index contributed by atoms with van der Waals surface area (Å²) in [7, 11) is 0. The molecule has 0 bridgehead atoms.